The smallest absolute Gasteiger partial charge is 0.242 e. The van der Waals surface area contributed by atoms with E-state index < -0.39 is 11.4 Å². The average molecular weight is 205 g/mol. The van der Waals surface area contributed by atoms with E-state index in [9.17, 15) is 5.11 Å². The quantitative estimate of drug-likeness (QED) is 0.441. The first-order valence-corrected chi connectivity index (χ1v) is 4.76. The Balaban J connectivity index is 5.09. The zero-order valence-corrected chi connectivity index (χ0v) is 9.66. The van der Waals surface area contributed by atoms with Crippen LogP contribution in [0.5, 0.6) is 0 Å². The molecular formula is C9H23N3O2. The molecule has 0 aromatic carbocycles. The standard InChI is InChI=1S/C9H23N3O2/c1-6(2)8(10,7(3)12-4)9(11,13)14-5/h6-7,12-13H,10-11H2,1-5H3. The van der Waals surface area contributed by atoms with Crippen molar-refractivity contribution in [2.24, 2.45) is 17.4 Å². The van der Waals surface area contributed by atoms with E-state index in [1.807, 2.05) is 20.8 Å². The van der Waals surface area contributed by atoms with Gasteiger partial charge < -0.3 is 20.9 Å². The van der Waals surface area contributed by atoms with Gasteiger partial charge in [-0.25, -0.2) is 0 Å². The predicted molar refractivity (Wildman–Crippen MR) is 56.4 cm³/mol. The summed E-state index contributed by atoms with van der Waals surface area (Å²) in [5.41, 5.74) is 10.7. The van der Waals surface area contributed by atoms with Gasteiger partial charge in [-0.2, -0.15) is 0 Å². The minimum atomic E-state index is -1.84. The second kappa shape index (κ2) is 4.55. The van der Waals surface area contributed by atoms with Crippen LogP contribution in [-0.2, 0) is 4.74 Å². The largest absolute Gasteiger partial charge is 0.352 e. The van der Waals surface area contributed by atoms with Crippen LogP contribution in [0, 0.1) is 5.92 Å². The molecule has 0 rings (SSSR count). The summed E-state index contributed by atoms with van der Waals surface area (Å²) in [6.45, 7) is 5.65. The molecule has 0 spiro atoms. The van der Waals surface area contributed by atoms with E-state index >= 15 is 0 Å². The van der Waals surface area contributed by atoms with Crippen molar-refractivity contribution < 1.29 is 9.84 Å². The van der Waals surface area contributed by atoms with Crippen LogP contribution >= 0.6 is 0 Å². The number of nitrogens with one attached hydrogen (secondary N) is 1. The van der Waals surface area contributed by atoms with E-state index in [4.69, 9.17) is 16.2 Å². The Labute approximate surface area is 85.8 Å². The van der Waals surface area contributed by atoms with E-state index in [-0.39, 0.29) is 12.0 Å². The number of hydrogen-bond acceptors (Lipinski definition) is 5. The summed E-state index contributed by atoms with van der Waals surface area (Å²) >= 11 is 0. The highest BCUT2D eigenvalue weighted by atomic mass is 16.6. The molecule has 3 atom stereocenters. The topological polar surface area (TPSA) is 93.5 Å². The van der Waals surface area contributed by atoms with Crippen molar-refractivity contribution in [3.05, 3.63) is 0 Å². The molecule has 86 valence electrons. The molecule has 6 N–H and O–H groups in total. The summed E-state index contributed by atoms with van der Waals surface area (Å²) in [6, 6.07) is -0.169. The zero-order chi connectivity index (χ0) is 11.6. The maximum Gasteiger partial charge on any atom is 0.242 e. The second-order valence-corrected chi connectivity index (χ2v) is 4.00. The first kappa shape index (κ1) is 13.8. The molecule has 0 radical (unpaired) electrons. The van der Waals surface area contributed by atoms with Crippen molar-refractivity contribution in [3.8, 4) is 0 Å². The van der Waals surface area contributed by atoms with Crippen molar-refractivity contribution in [1.82, 2.24) is 5.32 Å². The van der Waals surface area contributed by atoms with Crippen LogP contribution in [0.4, 0.5) is 0 Å². The average Bonchev–Trinajstić information content (AvgIpc) is 2.14. The zero-order valence-electron chi connectivity index (χ0n) is 9.66. The third-order valence-electron chi connectivity index (χ3n) is 3.04. The number of nitrogens with two attached hydrogens (primary N) is 2. The maximum absolute atomic E-state index is 9.90. The summed E-state index contributed by atoms with van der Waals surface area (Å²) in [5, 5.41) is 12.9. The SMILES string of the molecule is CNC(C)C(N)(C(C)C)C(N)(O)OC. The number of ether oxygens (including phenoxy) is 1. The Morgan fingerprint density at radius 2 is 1.71 bits per heavy atom. The fourth-order valence-electron chi connectivity index (χ4n) is 1.64. The van der Waals surface area contributed by atoms with Gasteiger partial charge in [0.1, 0.15) is 5.54 Å². The number of likely N-dealkylation sites (N-methyl/N-ethyl adjacent to an activating group) is 1. The molecular weight excluding hydrogens is 182 g/mol. The minimum absolute atomic E-state index is 0.0279. The minimum Gasteiger partial charge on any atom is -0.352 e. The van der Waals surface area contributed by atoms with E-state index in [1.54, 1.807) is 7.05 Å². The number of hydrogen-bond donors (Lipinski definition) is 4. The normalized spacial score (nSPS) is 22.9. The third kappa shape index (κ3) is 2.07. The lowest BCUT2D eigenvalue weighted by atomic mass is 9.78. The fraction of sp³-hybridized carbons (Fsp3) is 1.00. The van der Waals surface area contributed by atoms with Gasteiger partial charge in [-0.1, -0.05) is 13.8 Å². The maximum atomic E-state index is 9.90. The highest BCUT2D eigenvalue weighted by Gasteiger charge is 2.51. The van der Waals surface area contributed by atoms with Crippen LogP contribution in [0.25, 0.3) is 0 Å². The summed E-state index contributed by atoms with van der Waals surface area (Å²) in [4.78, 5) is 0. The molecule has 0 aliphatic carbocycles. The lowest BCUT2D eigenvalue weighted by Crippen LogP contribution is -2.76. The highest BCUT2D eigenvalue weighted by Crippen LogP contribution is 2.27. The van der Waals surface area contributed by atoms with Gasteiger partial charge in [-0.05, 0) is 19.9 Å². The van der Waals surface area contributed by atoms with Crippen molar-refractivity contribution in [3.63, 3.8) is 0 Å². The van der Waals surface area contributed by atoms with Gasteiger partial charge in [0.05, 0.1) is 0 Å². The summed E-state index contributed by atoms with van der Waals surface area (Å²) in [5.74, 6) is -1.87. The third-order valence-corrected chi connectivity index (χ3v) is 3.04. The second-order valence-electron chi connectivity index (χ2n) is 4.00. The lowest BCUT2D eigenvalue weighted by molar-refractivity contribution is -0.241. The van der Waals surface area contributed by atoms with Gasteiger partial charge in [0.15, 0.2) is 0 Å². The molecule has 0 heterocycles. The lowest BCUT2D eigenvalue weighted by Gasteiger charge is -2.47. The van der Waals surface area contributed by atoms with Crippen molar-refractivity contribution in [1.29, 1.82) is 0 Å². The molecule has 14 heavy (non-hydrogen) atoms. The van der Waals surface area contributed by atoms with Gasteiger partial charge in [-0.3, -0.25) is 5.73 Å². The molecule has 0 saturated heterocycles. The number of methoxy groups -OCH3 is 1. The van der Waals surface area contributed by atoms with Crippen LogP contribution in [-0.4, -0.2) is 36.8 Å². The first-order valence-electron chi connectivity index (χ1n) is 4.76. The van der Waals surface area contributed by atoms with Gasteiger partial charge in [0, 0.05) is 13.2 Å². The van der Waals surface area contributed by atoms with Gasteiger partial charge in [-0.15, -0.1) is 0 Å². The summed E-state index contributed by atoms with van der Waals surface area (Å²) < 4.78 is 4.86. The predicted octanol–water partition coefficient (Wildman–Crippen LogP) is -0.801. The van der Waals surface area contributed by atoms with Gasteiger partial charge >= 0.3 is 0 Å². The van der Waals surface area contributed by atoms with E-state index in [0.717, 1.165) is 0 Å². The van der Waals surface area contributed by atoms with Crippen LogP contribution in [0.3, 0.4) is 0 Å². The molecule has 0 bridgehead atoms. The van der Waals surface area contributed by atoms with Crippen molar-refractivity contribution in [2.45, 2.75) is 38.3 Å². The molecule has 0 aliphatic rings. The van der Waals surface area contributed by atoms with Crippen LogP contribution in [0.1, 0.15) is 20.8 Å². The molecule has 0 fully saturated rings. The van der Waals surface area contributed by atoms with Gasteiger partial charge in [0.25, 0.3) is 0 Å². The molecule has 3 unspecified atom stereocenters. The van der Waals surface area contributed by atoms with E-state index in [1.165, 1.54) is 7.11 Å². The van der Waals surface area contributed by atoms with E-state index in [2.05, 4.69) is 5.32 Å². The molecule has 0 aliphatic heterocycles. The molecule has 0 amide bonds. The van der Waals surface area contributed by atoms with Crippen LogP contribution < -0.4 is 16.8 Å². The highest BCUT2D eigenvalue weighted by molar-refractivity contribution is 5.03. The Bertz CT molecular complexity index is 185. The molecule has 0 aromatic rings. The fourth-order valence-corrected chi connectivity index (χ4v) is 1.64. The van der Waals surface area contributed by atoms with Crippen LogP contribution in [0.15, 0.2) is 0 Å². The van der Waals surface area contributed by atoms with Crippen molar-refractivity contribution in [2.75, 3.05) is 14.2 Å². The Morgan fingerprint density at radius 3 is 1.93 bits per heavy atom. The summed E-state index contributed by atoms with van der Waals surface area (Å²) in [6.07, 6.45) is 0. The molecule has 5 nitrogen and oxygen atoms in total. The Morgan fingerprint density at radius 1 is 1.29 bits per heavy atom. The number of aliphatic hydroxyl groups is 1. The molecule has 0 aromatic heterocycles. The number of rotatable bonds is 5. The Hall–Kier alpha value is -0.200. The monoisotopic (exact) mass is 205 g/mol. The van der Waals surface area contributed by atoms with Crippen LogP contribution in [0.2, 0.25) is 0 Å². The van der Waals surface area contributed by atoms with Crippen molar-refractivity contribution >= 4 is 0 Å². The van der Waals surface area contributed by atoms with E-state index in [0.29, 0.717) is 0 Å². The van der Waals surface area contributed by atoms with Gasteiger partial charge in [0.2, 0.25) is 5.91 Å². The molecule has 0 saturated carbocycles. The summed E-state index contributed by atoms with van der Waals surface area (Å²) in [7, 11) is 3.10. The molecule has 5 heteroatoms. The first-order chi connectivity index (χ1) is 6.24. The Kier molecular flexibility index (Phi) is 4.48.